The third kappa shape index (κ3) is 4.56. The van der Waals surface area contributed by atoms with Crippen LogP contribution in [0.3, 0.4) is 0 Å². The van der Waals surface area contributed by atoms with Crippen LogP contribution in [-0.4, -0.2) is 12.1 Å². The maximum absolute atomic E-state index is 12.5. The number of hydrogen-bond donors (Lipinski definition) is 1. The van der Waals surface area contributed by atoms with Gasteiger partial charge in [-0.3, -0.25) is 4.79 Å². The Morgan fingerprint density at radius 3 is 2.55 bits per heavy atom. The number of carbonyl (C=O) groups is 1. The maximum Gasteiger partial charge on any atom is 0.391 e. The summed E-state index contributed by atoms with van der Waals surface area (Å²) in [6.07, 6.45) is -4.39. The summed E-state index contributed by atoms with van der Waals surface area (Å²) < 4.78 is 37.6. The summed E-state index contributed by atoms with van der Waals surface area (Å²) in [4.78, 5) is 11.0. The minimum atomic E-state index is -4.24. The fourth-order valence-corrected chi connectivity index (χ4v) is 1.91. The van der Waals surface area contributed by atoms with Crippen LogP contribution >= 0.6 is 11.6 Å². The summed E-state index contributed by atoms with van der Waals surface area (Å²) in [6.45, 7) is 6.09. The van der Waals surface area contributed by atoms with Gasteiger partial charge in [-0.25, -0.2) is 0 Å². The van der Waals surface area contributed by atoms with E-state index in [1.54, 1.807) is 0 Å². The largest absolute Gasteiger partial charge is 0.391 e. The van der Waals surface area contributed by atoms with Gasteiger partial charge >= 0.3 is 6.18 Å². The fraction of sp³-hybridized carbons (Fsp3) is 0.357. The molecule has 0 bridgehead atoms. The Balaban J connectivity index is 2.97. The van der Waals surface area contributed by atoms with Crippen LogP contribution in [0.2, 0.25) is 5.02 Å². The van der Waals surface area contributed by atoms with E-state index >= 15 is 0 Å². The molecular formula is C14H15ClF3NO. The summed E-state index contributed by atoms with van der Waals surface area (Å²) in [5, 5.41) is 2.80. The minimum absolute atomic E-state index is 0.152. The van der Waals surface area contributed by atoms with Crippen molar-refractivity contribution in [1.82, 2.24) is 5.32 Å². The Kier molecular flexibility index (Phi) is 5.22. The lowest BCUT2D eigenvalue weighted by Gasteiger charge is -2.16. The third-order valence-corrected chi connectivity index (χ3v) is 3.11. The normalized spacial score (nSPS) is 12.9. The molecule has 1 rings (SSSR count). The molecule has 6 heteroatoms. The van der Waals surface area contributed by atoms with Crippen molar-refractivity contribution in [3.05, 3.63) is 40.9 Å². The van der Waals surface area contributed by atoms with Gasteiger partial charge in [-0.2, -0.15) is 13.2 Å². The molecule has 2 nitrogen and oxygen atoms in total. The van der Waals surface area contributed by atoms with Crippen LogP contribution in [0.5, 0.6) is 0 Å². The lowest BCUT2D eigenvalue weighted by atomic mass is 9.98. The Morgan fingerprint density at radius 2 is 2.05 bits per heavy atom. The number of alkyl halides is 3. The lowest BCUT2D eigenvalue weighted by molar-refractivity contribution is -0.169. The smallest absolute Gasteiger partial charge is 0.326 e. The van der Waals surface area contributed by atoms with Crippen molar-refractivity contribution >= 4 is 23.2 Å². The van der Waals surface area contributed by atoms with E-state index in [0.29, 0.717) is 16.1 Å². The monoisotopic (exact) mass is 305 g/mol. The first-order valence-corrected chi connectivity index (χ1v) is 6.31. The van der Waals surface area contributed by atoms with Crippen LogP contribution in [0.25, 0.3) is 5.70 Å². The average Bonchev–Trinajstić information content (AvgIpc) is 2.29. The van der Waals surface area contributed by atoms with E-state index in [0.717, 1.165) is 6.92 Å². The molecule has 0 spiro atoms. The second-order valence-corrected chi connectivity index (χ2v) is 5.03. The molecule has 0 aromatic heterocycles. The van der Waals surface area contributed by atoms with E-state index in [1.165, 1.54) is 25.1 Å². The van der Waals surface area contributed by atoms with Gasteiger partial charge in [0.05, 0.1) is 5.92 Å². The second kappa shape index (κ2) is 6.31. The van der Waals surface area contributed by atoms with Crippen molar-refractivity contribution < 1.29 is 18.0 Å². The van der Waals surface area contributed by atoms with Gasteiger partial charge in [0.1, 0.15) is 0 Å². The molecule has 1 aromatic carbocycles. The highest BCUT2D eigenvalue weighted by Crippen LogP contribution is 2.30. The summed E-state index contributed by atoms with van der Waals surface area (Å²) in [5.41, 5.74) is 1.18. The highest BCUT2D eigenvalue weighted by Gasteiger charge is 2.35. The standard InChI is InChI=1S/C14H15ClF3NO/c1-8(14(16,17)18)6-11-4-5-13(15)12(7-11)9(2)19-10(3)20/h4-5,7-8H,2,6H2,1,3H3,(H,19,20). The molecule has 1 atom stereocenters. The molecule has 110 valence electrons. The maximum atomic E-state index is 12.5. The van der Waals surface area contributed by atoms with Crippen LogP contribution in [0.4, 0.5) is 13.2 Å². The van der Waals surface area contributed by atoms with Crippen molar-refractivity contribution in [3.63, 3.8) is 0 Å². The van der Waals surface area contributed by atoms with Crippen molar-refractivity contribution in [2.45, 2.75) is 26.4 Å². The summed E-state index contributed by atoms with van der Waals surface area (Å²) >= 11 is 5.97. The molecule has 1 amide bonds. The predicted molar refractivity (Wildman–Crippen MR) is 73.2 cm³/mol. The first-order chi connectivity index (χ1) is 9.11. The van der Waals surface area contributed by atoms with E-state index in [4.69, 9.17) is 11.6 Å². The summed E-state index contributed by atoms with van der Waals surface area (Å²) in [5.74, 6) is -1.77. The Hall–Kier alpha value is -1.49. The van der Waals surface area contributed by atoms with Gasteiger partial charge in [0.15, 0.2) is 0 Å². The van der Waals surface area contributed by atoms with Crippen molar-refractivity contribution in [2.75, 3.05) is 0 Å². The SMILES string of the molecule is C=C(NC(C)=O)c1cc(CC(C)C(F)(F)F)ccc1Cl. The van der Waals surface area contributed by atoms with Gasteiger partial charge in [0.25, 0.3) is 0 Å². The number of rotatable bonds is 4. The zero-order valence-electron chi connectivity index (χ0n) is 11.1. The predicted octanol–water partition coefficient (Wildman–Crippen LogP) is 4.19. The van der Waals surface area contributed by atoms with Gasteiger partial charge in [0, 0.05) is 23.2 Å². The van der Waals surface area contributed by atoms with Crippen molar-refractivity contribution in [2.24, 2.45) is 5.92 Å². The highest BCUT2D eigenvalue weighted by molar-refractivity contribution is 6.32. The van der Waals surface area contributed by atoms with Crippen LogP contribution in [0.1, 0.15) is 25.0 Å². The van der Waals surface area contributed by atoms with Gasteiger partial charge < -0.3 is 5.32 Å². The van der Waals surface area contributed by atoms with E-state index in [9.17, 15) is 18.0 Å². The van der Waals surface area contributed by atoms with Crippen LogP contribution < -0.4 is 5.32 Å². The van der Waals surface area contributed by atoms with Crippen molar-refractivity contribution in [1.29, 1.82) is 0 Å². The topological polar surface area (TPSA) is 29.1 Å². The molecule has 0 radical (unpaired) electrons. The van der Waals surface area contributed by atoms with Gasteiger partial charge in [0.2, 0.25) is 5.91 Å². The second-order valence-electron chi connectivity index (χ2n) is 4.62. The third-order valence-electron chi connectivity index (χ3n) is 2.78. The molecule has 1 aromatic rings. The Labute approximate surface area is 120 Å². The molecule has 0 saturated heterocycles. The number of hydrogen-bond acceptors (Lipinski definition) is 1. The van der Waals surface area contributed by atoms with E-state index in [1.807, 2.05) is 0 Å². The quantitative estimate of drug-likeness (QED) is 0.888. The molecule has 0 aliphatic rings. The average molecular weight is 306 g/mol. The number of nitrogens with one attached hydrogen (secondary N) is 1. The number of amides is 1. The number of benzene rings is 1. The fourth-order valence-electron chi connectivity index (χ4n) is 1.68. The molecule has 0 aliphatic carbocycles. The Morgan fingerprint density at radius 1 is 1.45 bits per heavy atom. The number of halogens is 4. The molecule has 1 unspecified atom stereocenters. The Bertz CT molecular complexity index is 526. The molecular weight excluding hydrogens is 291 g/mol. The minimum Gasteiger partial charge on any atom is -0.326 e. The number of carbonyl (C=O) groups excluding carboxylic acids is 1. The first kappa shape index (κ1) is 16.6. The van der Waals surface area contributed by atoms with Crippen LogP contribution in [0, 0.1) is 5.92 Å². The lowest BCUT2D eigenvalue weighted by Crippen LogP contribution is -2.22. The first-order valence-electron chi connectivity index (χ1n) is 5.93. The summed E-state index contributed by atoms with van der Waals surface area (Å²) in [7, 11) is 0. The highest BCUT2D eigenvalue weighted by atomic mass is 35.5. The molecule has 0 aliphatic heterocycles. The molecule has 0 fully saturated rings. The molecule has 20 heavy (non-hydrogen) atoms. The van der Waals surface area contributed by atoms with Crippen LogP contribution in [0.15, 0.2) is 24.8 Å². The van der Waals surface area contributed by atoms with E-state index in [2.05, 4.69) is 11.9 Å². The van der Waals surface area contributed by atoms with E-state index in [-0.39, 0.29) is 18.0 Å². The van der Waals surface area contributed by atoms with Crippen molar-refractivity contribution in [3.8, 4) is 0 Å². The summed E-state index contributed by atoms with van der Waals surface area (Å²) in [6, 6.07) is 4.56. The molecule has 0 heterocycles. The zero-order valence-corrected chi connectivity index (χ0v) is 11.9. The van der Waals surface area contributed by atoms with Gasteiger partial charge in [-0.05, 0) is 24.1 Å². The van der Waals surface area contributed by atoms with Gasteiger partial charge in [-0.15, -0.1) is 0 Å². The molecule has 0 saturated carbocycles. The van der Waals surface area contributed by atoms with E-state index < -0.39 is 12.1 Å². The van der Waals surface area contributed by atoms with Crippen LogP contribution in [-0.2, 0) is 11.2 Å². The van der Waals surface area contributed by atoms with Gasteiger partial charge in [-0.1, -0.05) is 31.2 Å². The molecule has 1 N–H and O–H groups in total. The zero-order chi connectivity index (χ0) is 15.5.